The van der Waals surface area contributed by atoms with Gasteiger partial charge in [-0.1, -0.05) is 89.5 Å². The first-order valence-corrected chi connectivity index (χ1v) is 17.6. The van der Waals surface area contributed by atoms with Gasteiger partial charge in [0.05, 0.1) is 64.9 Å². The highest BCUT2D eigenvalue weighted by Gasteiger charge is 2.16. The van der Waals surface area contributed by atoms with Crippen LogP contribution in [0.2, 0.25) is 0 Å². The molecule has 3 rings (SSSR count). The summed E-state index contributed by atoms with van der Waals surface area (Å²) in [6.07, 6.45) is 14.9. The van der Waals surface area contributed by atoms with Gasteiger partial charge in [-0.05, 0) is 71.5 Å². The Labute approximate surface area is 298 Å². The number of nitriles is 2. The SMILES string of the molecule is CCCCCCCOc1c(OC)cc(/C=C(\C#N)c2ccc(/C(C#N)=C\c3cc(OC)c(OCCCCCCC)c(OC)c3)cc2)cc1OC. The molecule has 0 spiro atoms. The van der Waals surface area contributed by atoms with Crippen LogP contribution in [0.15, 0.2) is 48.5 Å². The van der Waals surface area contributed by atoms with Crippen LogP contribution in [0, 0.1) is 22.7 Å². The van der Waals surface area contributed by atoms with Crippen molar-refractivity contribution in [3.05, 3.63) is 70.8 Å². The lowest BCUT2D eigenvalue weighted by atomic mass is 9.98. The van der Waals surface area contributed by atoms with E-state index in [0.717, 1.165) is 36.8 Å². The minimum absolute atomic E-state index is 0.447. The van der Waals surface area contributed by atoms with Gasteiger partial charge in [-0.2, -0.15) is 10.5 Å². The highest BCUT2D eigenvalue weighted by molar-refractivity contribution is 5.93. The van der Waals surface area contributed by atoms with Crippen LogP contribution in [0.1, 0.15) is 100 Å². The second kappa shape index (κ2) is 21.8. The predicted molar refractivity (Wildman–Crippen MR) is 201 cm³/mol. The standard InChI is InChI=1S/C42H52N2O6/c1-7-9-11-13-15-21-49-41-37(45-3)25-31(26-38(41)46-4)23-35(29-43)33-17-19-34(20-18-33)36(30-44)24-32-27-39(47-5)42(40(28-32)48-6)50-22-16-14-12-10-8-2/h17-20,23-28H,7-16,21-22H2,1-6H3/b35-23-,36-24+. The van der Waals surface area contributed by atoms with Crippen molar-refractivity contribution in [3.8, 4) is 46.6 Å². The van der Waals surface area contributed by atoms with Gasteiger partial charge < -0.3 is 28.4 Å². The third-order valence-corrected chi connectivity index (χ3v) is 8.32. The molecule has 0 heterocycles. The van der Waals surface area contributed by atoms with Crippen LogP contribution in [-0.4, -0.2) is 41.7 Å². The van der Waals surface area contributed by atoms with Gasteiger partial charge >= 0.3 is 0 Å². The van der Waals surface area contributed by atoms with Crippen molar-refractivity contribution in [3.63, 3.8) is 0 Å². The molecule has 0 N–H and O–H groups in total. The number of hydrogen-bond donors (Lipinski definition) is 0. The van der Waals surface area contributed by atoms with E-state index in [9.17, 15) is 10.5 Å². The molecule has 50 heavy (non-hydrogen) atoms. The Morgan fingerprint density at radius 2 is 0.840 bits per heavy atom. The number of hydrogen-bond acceptors (Lipinski definition) is 8. The van der Waals surface area contributed by atoms with Crippen molar-refractivity contribution in [1.82, 2.24) is 0 Å². The molecule has 0 aliphatic rings. The Hall–Kier alpha value is -5.08. The highest BCUT2D eigenvalue weighted by atomic mass is 16.5. The average Bonchev–Trinajstić information content (AvgIpc) is 3.15. The number of nitrogens with zero attached hydrogens (tertiary/aromatic N) is 2. The van der Waals surface area contributed by atoms with Crippen LogP contribution in [0.3, 0.4) is 0 Å². The zero-order valence-corrected chi connectivity index (χ0v) is 30.6. The van der Waals surface area contributed by atoms with Gasteiger partial charge in [-0.15, -0.1) is 0 Å². The van der Waals surface area contributed by atoms with Crippen molar-refractivity contribution in [2.45, 2.75) is 78.1 Å². The second-order valence-electron chi connectivity index (χ2n) is 12.0. The molecular weight excluding hydrogens is 628 g/mol. The summed E-state index contributed by atoms with van der Waals surface area (Å²) < 4.78 is 34.7. The first kappa shape index (κ1) is 39.4. The molecule has 0 saturated carbocycles. The normalized spacial score (nSPS) is 11.4. The molecule has 8 nitrogen and oxygen atoms in total. The Bertz CT molecular complexity index is 1470. The number of unbranched alkanes of at least 4 members (excludes halogenated alkanes) is 8. The molecule has 0 atom stereocenters. The highest BCUT2D eigenvalue weighted by Crippen LogP contribution is 2.41. The number of methoxy groups -OCH3 is 4. The van der Waals surface area contributed by atoms with Crippen LogP contribution >= 0.6 is 0 Å². The van der Waals surface area contributed by atoms with Crippen LogP contribution < -0.4 is 28.4 Å². The van der Waals surface area contributed by atoms with Crippen LogP contribution in [0.5, 0.6) is 34.5 Å². The maximum atomic E-state index is 10.1. The number of rotatable bonds is 22. The maximum Gasteiger partial charge on any atom is 0.203 e. The summed E-state index contributed by atoms with van der Waals surface area (Å²) in [6.45, 7) is 5.53. The molecule has 0 aliphatic heterocycles. The summed E-state index contributed by atoms with van der Waals surface area (Å²) in [7, 11) is 6.35. The van der Waals surface area contributed by atoms with E-state index in [1.165, 1.54) is 38.5 Å². The smallest absolute Gasteiger partial charge is 0.203 e. The first-order valence-electron chi connectivity index (χ1n) is 17.6. The Morgan fingerprint density at radius 1 is 0.520 bits per heavy atom. The fourth-order valence-corrected chi connectivity index (χ4v) is 5.53. The summed E-state index contributed by atoms with van der Waals surface area (Å²) in [5, 5.41) is 20.2. The molecule has 0 amide bonds. The lowest BCUT2D eigenvalue weighted by molar-refractivity contribution is 0.267. The van der Waals surface area contributed by atoms with Crippen molar-refractivity contribution >= 4 is 23.3 Å². The van der Waals surface area contributed by atoms with Crippen molar-refractivity contribution < 1.29 is 28.4 Å². The van der Waals surface area contributed by atoms with Gasteiger partial charge in [0.15, 0.2) is 23.0 Å². The summed E-state index contributed by atoms with van der Waals surface area (Å²) in [5.41, 5.74) is 3.78. The maximum absolute atomic E-state index is 10.1. The van der Waals surface area contributed by atoms with Crippen LogP contribution in [0.4, 0.5) is 0 Å². The molecule has 0 bridgehead atoms. The van der Waals surface area contributed by atoms with Crippen molar-refractivity contribution in [1.29, 1.82) is 10.5 Å². The molecule has 0 fully saturated rings. The number of ether oxygens (including phenoxy) is 6. The first-order chi connectivity index (χ1) is 24.5. The molecule has 8 heteroatoms. The van der Waals surface area contributed by atoms with E-state index in [4.69, 9.17) is 28.4 Å². The van der Waals surface area contributed by atoms with E-state index in [1.54, 1.807) is 40.6 Å². The quantitative estimate of drug-likeness (QED) is 0.0587. The third kappa shape index (κ3) is 11.5. The van der Waals surface area contributed by atoms with E-state index in [1.807, 2.05) is 48.5 Å². The molecule has 0 radical (unpaired) electrons. The van der Waals surface area contributed by atoms with Crippen LogP contribution in [0.25, 0.3) is 23.3 Å². The molecule has 3 aromatic rings. The fraction of sp³-hybridized carbons (Fsp3) is 0.429. The van der Waals surface area contributed by atoms with E-state index in [-0.39, 0.29) is 0 Å². The third-order valence-electron chi connectivity index (χ3n) is 8.32. The topological polar surface area (TPSA) is 103 Å². The lowest BCUT2D eigenvalue weighted by Gasteiger charge is -2.16. The number of benzene rings is 3. The summed E-state index contributed by atoms with van der Waals surface area (Å²) in [5.74, 6) is 3.26. The minimum atomic E-state index is 0.447. The molecule has 3 aromatic carbocycles. The van der Waals surface area contributed by atoms with Crippen LogP contribution in [-0.2, 0) is 0 Å². The predicted octanol–water partition coefficient (Wildman–Crippen LogP) is 10.5. The second-order valence-corrected chi connectivity index (χ2v) is 12.0. The van der Waals surface area contributed by atoms with E-state index >= 15 is 0 Å². The molecule has 0 saturated heterocycles. The zero-order valence-electron chi connectivity index (χ0n) is 30.6. The molecule has 0 aromatic heterocycles. The van der Waals surface area contributed by atoms with Gasteiger partial charge in [0, 0.05) is 0 Å². The van der Waals surface area contributed by atoms with Crippen molar-refractivity contribution in [2.24, 2.45) is 0 Å². The lowest BCUT2D eigenvalue weighted by Crippen LogP contribution is -2.02. The Kier molecular flexibility index (Phi) is 17.2. The van der Waals surface area contributed by atoms with Gasteiger partial charge in [0.2, 0.25) is 11.5 Å². The number of allylic oxidation sites excluding steroid dienone is 2. The zero-order chi connectivity index (χ0) is 36.1. The van der Waals surface area contributed by atoms with E-state index in [2.05, 4.69) is 26.0 Å². The average molecular weight is 681 g/mol. The molecule has 0 aliphatic carbocycles. The summed E-state index contributed by atoms with van der Waals surface area (Å²) in [4.78, 5) is 0. The monoisotopic (exact) mass is 680 g/mol. The molecular formula is C42H52N2O6. The summed E-state index contributed by atoms with van der Waals surface area (Å²) in [6, 6.07) is 19.3. The molecule has 0 unspecified atom stereocenters. The molecule has 266 valence electrons. The van der Waals surface area contributed by atoms with Gasteiger partial charge in [0.25, 0.3) is 0 Å². The van der Waals surface area contributed by atoms with Gasteiger partial charge in [0.1, 0.15) is 0 Å². The Morgan fingerprint density at radius 3 is 1.12 bits per heavy atom. The summed E-state index contributed by atoms with van der Waals surface area (Å²) >= 11 is 0. The van der Waals surface area contributed by atoms with Gasteiger partial charge in [-0.25, -0.2) is 0 Å². The fourth-order valence-electron chi connectivity index (χ4n) is 5.53. The van der Waals surface area contributed by atoms with Crippen molar-refractivity contribution in [2.75, 3.05) is 41.7 Å². The minimum Gasteiger partial charge on any atom is -0.493 e. The largest absolute Gasteiger partial charge is 0.493 e. The van der Waals surface area contributed by atoms with Gasteiger partial charge in [-0.3, -0.25) is 0 Å². The van der Waals surface area contributed by atoms with E-state index < -0.39 is 0 Å². The van der Waals surface area contributed by atoms with E-state index in [0.29, 0.717) is 70.0 Å². The Balaban J connectivity index is 1.82.